The maximum atomic E-state index is 11.4. The molecule has 1 aliphatic carbocycles. The molecule has 1 rings (SSSR count). The van der Waals surface area contributed by atoms with E-state index in [1.807, 2.05) is 0 Å². The number of rotatable bonds is 8. The largest absolute Gasteiger partial charge is 0.481 e. The molecule has 108 valence electrons. The minimum absolute atomic E-state index is 0.121. The molecule has 3 amide bonds. The van der Waals surface area contributed by atoms with Gasteiger partial charge in [0.15, 0.2) is 0 Å². The van der Waals surface area contributed by atoms with E-state index in [2.05, 4.69) is 10.6 Å². The van der Waals surface area contributed by atoms with Crippen LogP contribution in [-0.2, 0) is 14.3 Å². The van der Waals surface area contributed by atoms with Gasteiger partial charge in [-0.15, -0.1) is 0 Å². The van der Waals surface area contributed by atoms with Crippen molar-refractivity contribution >= 4 is 17.9 Å². The number of carbonyl (C=O) groups excluding carboxylic acids is 2. The maximum Gasteiger partial charge on any atom is 0.314 e. The normalized spacial score (nSPS) is 16.2. The molecule has 0 aliphatic heterocycles. The van der Waals surface area contributed by atoms with Gasteiger partial charge in [-0.2, -0.15) is 0 Å². The molecule has 5 N–H and O–H groups in total. The third-order valence-corrected chi connectivity index (χ3v) is 3.13. The summed E-state index contributed by atoms with van der Waals surface area (Å²) >= 11 is 0. The lowest BCUT2D eigenvalue weighted by Gasteiger charge is -2.37. The molecule has 0 aromatic carbocycles. The van der Waals surface area contributed by atoms with Crippen LogP contribution in [0, 0.1) is 5.41 Å². The fourth-order valence-electron chi connectivity index (χ4n) is 1.79. The lowest BCUT2D eigenvalue weighted by atomic mass is 9.69. The van der Waals surface area contributed by atoms with Gasteiger partial charge in [0.1, 0.15) is 6.61 Å². The van der Waals surface area contributed by atoms with Crippen LogP contribution < -0.4 is 16.4 Å². The van der Waals surface area contributed by atoms with Crippen molar-refractivity contribution in [2.45, 2.75) is 19.3 Å². The van der Waals surface area contributed by atoms with Crippen LogP contribution in [0.1, 0.15) is 19.3 Å². The first kappa shape index (κ1) is 15.2. The van der Waals surface area contributed by atoms with Crippen LogP contribution >= 0.6 is 0 Å². The first-order chi connectivity index (χ1) is 8.96. The second-order valence-corrected chi connectivity index (χ2v) is 4.57. The van der Waals surface area contributed by atoms with Crippen LogP contribution in [0.3, 0.4) is 0 Å². The Balaban J connectivity index is 2.11. The van der Waals surface area contributed by atoms with Gasteiger partial charge in [0, 0.05) is 13.1 Å². The van der Waals surface area contributed by atoms with Crippen molar-refractivity contribution in [3.8, 4) is 0 Å². The molecule has 1 aliphatic rings. The number of primary amides is 1. The zero-order valence-electron chi connectivity index (χ0n) is 10.6. The van der Waals surface area contributed by atoms with Crippen molar-refractivity contribution < 1.29 is 24.2 Å². The topological polar surface area (TPSA) is 131 Å². The standard InChI is InChI=1S/C11H19N3O5/c12-8(15)6-19-5-4-13-10(18)14-7-11(9(16)17)2-1-3-11/h1-7H2,(H2,12,15)(H,16,17)(H2,13,14,18). The Labute approximate surface area is 110 Å². The second-order valence-electron chi connectivity index (χ2n) is 4.57. The predicted molar refractivity (Wildman–Crippen MR) is 65.3 cm³/mol. The summed E-state index contributed by atoms with van der Waals surface area (Å²) in [7, 11) is 0. The Kier molecular flexibility index (Phi) is 5.56. The number of urea groups is 1. The number of amides is 3. The number of nitrogens with one attached hydrogen (secondary N) is 2. The van der Waals surface area contributed by atoms with Gasteiger partial charge in [-0.25, -0.2) is 4.79 Å². The molecule has 0 heterocycles. The fourth-order valence-corrected chi connectivity index (χ4v) is 1.79. The Morgan fingerprint density at radius 3 is 2.42 bits per heavy atom. The summed E-state index contributed by atoms with van der Waals surface area (Å²) < 4.78 is 4.85. The fraction of sp³-hybridized carbons (Fsp3) is 0.727. The molecule has 0 unspecified atom stereocenters. The molecule has 0 spiro atoms. The summed E-state index contributed by atoms with van der Waals surface area (Å²) in [6.45, 7) is 0.321. The van der Waals surface area contributed by atoms with Crippen LogP contribution in [0.2, 0.25) is 0 Å². The molecule has 0 atom stereocenters. The Hall–Kier alpha value is -1.83. The number of aliphatic carboxylic acids is 1. The first-order valence-electron chi connectivity index (χ1n) is 6.07. The molecule has 1 fully saturated rings. The van der Waals surface area contributed by atoms with Crippen molar-refractivity contribution in [2.75, 3.05) is 26.3 Å². The molecule has 0 bridgehead atoms. The van der Waals surface area contributed by atoms with Crippen molar-refractivity contribution in [1.82, 2.24) is 10.6 Å². The predicted octanol–water partition coefficient (Wildman–Crippen LogP) is -0.958. The van der Waals surface area contributed by atoms with E-state index < -0.39 is 23.3 Å². The average molecular weight is 273 g/mol. The molecule has 0 aromatic rings. The SMILES string of the molecule is NC(=O)COCCNC(=O)NCC1(C(=O)O)CCC1. The van der Waals surface area contributed by atoms with Crippen molar-refractivity contribution in [1.29, 1.82) is 0 Å². The minimum Gasteiger partial charge on any atom is -0.481 e. The van der Waals surface area contributed by atoms with Crippen LogP contribution in [0.15, 0.2) is 0 Å². The van der Waals surface area contributed by atoms with Gasteiger partial charge in [0.05, 0.1) is 12.0 Å². The number of hydrogen-bond acceptors (Lipinski definition) is 4. The summed E-state index contributed by atoms with van der Waals surface area (Å²) in [4.78, 5) is 32.8. The molecule has 0 saturated heterocycles. The summed E-state index contributed by atoms with van der Waals surface area (Å²) in [5.74, 6) is -1.44. The molecule has 8 heteroatoms. The second kappa shape index (κ2) is 6.93. The maximum absolute atomic E-state index is 11.4. The Morgan fingerprint density at radius 1 is 1.26 bits per heavy atom. The van der Waals surface area contributed by atoms with Crippen LogP contribution in [0.25, 0.3) is 0 Å². The molecular formula is C11H19N3O5. The van der Waals surface area contributed by atoms with Crippen LogP contribution in [-0.4, -0.2) is 49.3 Å². The smallest absolute Gasteiger partial charge is 0.314 e. The van der Waals surface area contributed by atoms with Gasteiger partial charge in [0.25, 0.3) is 0 Å². The van der Waals surface area contributed by atoms with E-state index in [0.29, 0.717) is 12.8 Å². The van der Waals surface area contributed by atoms with Gasteiger partial charge in [-0.3, -0.25) is 9.59 Å². The third kappa shape index (κ3) is 4.74. The highest BCUT2D eigenvalue weighted by atomic mass is 16.5. The number of nitrogens with two attached hydrogens (primary N) is 1. The van der Waals surface area contributed by atoms with Crippen molar-refractivity contribution in [3.63, 3.8) is 0 Å². The zero-order chi connectivity index (χ0) is 14.3. The van der Waals surface area contributed by atoms with E-state index >= 15 is 0 Å². The number of carboxylic acids is 1. The summed E-state index contributed by atoms with van der Waals surface area (Å²) in [6.07, 6.45) is 2.05. The number of carboxylic acid groups (broad SMARTS) is 1. The van der Waals surface area contributed by atoms with E-state index in [1.165, 1.54) is 0 Å². The van der Waals surface area contributed by atoms with Crippen molar-refractivity contribution in [3.05, 3.63) is 0 Å². The highest BCUT2D eigenvalue weighted by Crippen LogP contribution is 2.40. The highest BCUT2D eigenvalue weighted by molar-refractivity contribution is 5.78. The average Bonchev–Trinajstić information content (AvgIpc) is 2.26. The van der Waals surface area contributed by atoms with E-state index in [0.717, 1.165) is 6.42 Å². The van der Waals surface area contributed by atoms with Gasteiger partial charge < -0.3 is 26.2 Å². The van der Waals surface area contributed by atoms with Crippen LogP contribution in [0.5, 0.6) is 0 Å². The van der Waals surface area contributed by atoms with E-state index in [9.17, 15) is 14.4 Å². The summed E-state index contributed by atoms with van der Waals surface area (Å²) in [6, 6.07) is -0.449. The minimum atomic E-state index is -0.871. The van der Waals surface area contributed by atoms with Gasteiger partial charge in [0.2, 0.25) is 5.91 Å². The number of carbonyl (C=O) groups is 3. The van der Waals surface area contributed by atoms with Gasteiger partial charge in [-0.05, 0) is 12.8 Å². The molecule has 0 aromatic heterocycles. The Bertz CT molecular complexity index is 354. The molecule has 0 radical (unpaired) electrons. The van der Waals surface area contributed by atoms with Crippen LogP contribution in [0.4, 0.5) is 4.79 Å². The summed E-state index contributed by atoms with van der Waals surface area (Å²) in [5.41, 5.74) is 4.06. The zero-order valence-corrected chi connectivity index (χ0v) is 10.6. The first-order valence-corrected chi connectivity index (χ1v) is 6.07. The molecular weight excluding hydrogens is 254 g/mol. The Morgan fingerprint density at radius 2 is 1.95 bits per heavy atom. The number of hydrogen-bond donors (Lipinski definition) is 4. The lowest BCUT2D eigenvalue weighted by Crippen LogP contribution is -2.50. The van der Waals surface area contributed by atoms with E-state index in [4.69, 9.17) is 15.6 Å². The van der Waals surface area contributed by atoms with Gasteiger partial charge >= 0.3 is 12.0 Å². The number of ether oxygens (including phenoxy) is 1. The van der Waals surface area contributed by atoms with Crippen molar-refractivity contribution in [2.24, 2.45) is 11.1 Å². The lowest BCUT2D eigenvalue weighted by molar-refractivity contribution is -0.153. The third-order valence-electron chi connectivity index (χ3n) is 3.13. The quantitative estimate of drug-likeness (QED) is 0.423. The monoisotopic (exact) mass is 273 g/mol. The molecule has 8 nitrogen and oxygen atoms in total. The highest BCUT2D eigenvalue weighted by Gasteiger charge is 2.44. The van der Waals surface area contributed by atoms with E-state index in [1.54, 1.807) is 0 Å². The van der Waals surface area contributed by atoms with E-state index in [-0.39, 0.29) is 26.3 Å². The molecule has 19 heavy (non-hydrogen) atoms. The molecule has 1 saturated carbocycles. The summed E-state index contributed by atoms with van der Waals surface area (Å²) in [5, 5.41) is 14.1. The van der Waals surface area contributed by atoms with Gasteiger partial charge in [-0.1, -0.05) is 6.42 Å².